The summed E-state index contributed by atoms with van der Waals surface area (Å²) >= 11 is 0. The van der Waals surface area contributed by atoms with Crippen LogP contribution < -0.4 is 0 Å². The van der Waals surface area contributed by atoms with Gasteiger partial charge in [0.15, 0.2) is 5.78 Å². The van der Waals surface area contributed by atoms with E-state index >= 15 is 0 Å². The van der Waals surface area contributed by atoms with Crippen LogP contribution in [0.1, 0.15) is 22.0 Å². The second-order valence-electron chi connectivity index (χ2n) is 5.03. The van der Waals surface area contributed by atoms with Crippen LogP contribution in [0.4, 0.5) is 0 Å². The normalized spacial score (nSPS) is 12.3. The van der Waals surface area contributed by atoms with E-state index in [1.54, 1.807) is 12.1 Å². The monoisotopic (exact) mass is 299 g/mol. The number of Topliss-reactive ketones (excluding diaryl/α,β-unsaturated/α-hetero) is 1. The van der Waals surface area contributed by atoms with Gasteiger partial charge in [0.1, 0.15) is 0 Å². The maximum Gasteiger partial charge on any atom is 0.184 e. The summed E-state index contributed by atoms with van der Waals surface area (Å²) in [5, 5.41) is 18.6. The van der Waals surface area contributed by atoms with Gasteiger partial charge in [-0.25, -0.2) is 0 Å². The first-order valence-electron chi connectivity index (χ1n) is 7.38. The standard InChI is InChI=1S/C18H21NO3/c20-13-11-19(12-14-21)17(15-7-3-1-4-8-15)18(22)16-9-5-2-6-10-16/h1-10,17,20-21H,11-14H2/t17-/m1/s1. The Hall–Kier alpha value is -2.01. The van der Waals surface area contributed by atoms with Crippen molar-refractivity contribution in [1.29, 1.82) is 0 Å². The molecule has 22 heavy (non-hydrogen) atoms. The van der Waals surface area contributed by atoms with Crippen molar-refractivity contribution in [3.8, 4) is 0 Å². The molecule has 0 spiro atoms. The van der Waals surface area contributed by atoms with Crippen molar-refractivity contribution in [3.63, 3.8) is 0 Å². The van der Waals surface area contributed by atoms with Crippen LogP contribution in [0.2, 0.25) is 0 Å². The van der Waals surface area contributed by atoms with Crippen molar-refractivity contribution in [2.24, 2.45) is 0 Å². The minimum Gasteiger partial charge on any atom is -0.395 e. The Morgan fingerprint density at radius 1 is 0.864 bits per heavy atom. The van der Waals surface area contributed by atoms with Gasteiger partial charge in [0.25, 0.3) is 0 Å². The van der Waals surface area contributed by atoms with Gasteiger partial charge in [0.2, 0.25) is 0 Å². The van der Waals surface area contributed by atoms with Gasteiger partial charge in [-0.15, -0.1) is 0 Å². The molecule has 2 N–H and O–H groups in total. The summed E-state index contributed by atoms with van der Waals surface area (Å²) in [5.41, 5.74) is 1.48. The van der Waals surface area contributed by atoms with Crippen molar-refractivity contribution < 1.29 is 15.0 Å². The smallest absolute Gasteiger partial charge is 0.184 e. The first-order chi connectivity index (χ1) is 10.8. The van der Waals surface area contributed by atoms with E-state index in [4.69, 9.17) is 0 Å². The van der Waals surface area contributed by atoms with Crippen LogP contribution in [0.25, 0.3) is 0 Å². The Balaban J connectivity index is 2.38. The molecule has 1 atom stereocenters. The number of carbonyl (C=O) groups is 1. The molecule has 4 heteroatoms. The third-order valence-electron chi connectivity index (χ3n) is 3.56. The second-order valence-corrected chi connectivity index (χ2v) is 5.03. The van der Waals surface area contributed by atoms with E-state index < -0.39 is 6.04 Å². The fraction of sp³-hybridized carbons (Fsp3) is 0.278. The first-order valence-corrected chi connectivity index (χ1v) is 7.38. The van der Waals surface area contributed by atoms with Crippen LogP contribution in [0.15, 0.2) is 60.7 Å². The molecule has 4 nitrogen and oxygen atoms in total. The molecular formula is C18H21NO3. The van der Waals surface area contributed by atoms with Gasteiger partial charge in [-0.2, -0.15) is 0 Å². The van der Waals surface area contributed by atoms with Crippen LogP contribution in [0.5, 0.6) is 0 Å². The van der Waals surface area contributed by atoms with E-state index in [1.807, 2.05) is 53.4 Å². The number of hydrogen-bond donors (Lipinski definition) is 2. The molecule has 0 aliphatic carbocycles. The number of rotatable bonds is 8. The fourth-order valence-corrected chi connectivity index (χ4v) is 2.55. The minimum atomic E-state index is -0.511. The molecule has 0 saturated heterocycles. The van der Waals surface area contributed by atoms with Crippen LogP contribution in [-0.2, 0) is 0 Å². The average Bonchev–Trinajstić information content (AvgIpc) is 2.57. The third kappa shape index (κ3) is 4.01. The lowest BCUT2D eigenvalue weighted by atomic mass is 9.96. The highest BCUT2D eigenvalue weighted by Crippen LogP contribution is 2.25. The highest BCUT2D eigenvalue weighted by Gasteiger charge is 2.27. The van der Waals surface area contributed by atoms with E-state index in [1.165, 1.54) is 0 Å². The van der Waals surface area contributed by atoms with Crippen molar-refractivity contribution >= 4 is 5.78 Å². The predicted molar refractivity (Wildman–Crippen MR) is 85.7 cm³/mol. The summed E-state index contributed by atoms with van der Waals surface area (Å²) in [6.07, 6.45) is 0. The molecular weight excluding hydrogens is 278 g/mol. The van der Waals surface area contributed by atoms with Gasteiger partial charge >= 0.3 is 0 Å². The Morgan fingerprint density at radius 3 is 1.86 bits per heavy atom. The number of aliphatic hydroxyl groups is 2. The first kappa shape index (κ1) is 16.4. The number of carbonyl (C=O) groups excluding carboxylic acids is 1. The SMILES string of the molecule is O=C(c1ccccc1)[C@@H](c1ccccc1)N(CCO)CCO. The molecule has 2 aromatic carbocycles. The van der Waals surface area contributed by atoms with Gasteiger partial charge in [0, 0.05) is 18.7 Å². The molecule has 0 heterocycles. The number of hydrogen-bond acceptors (Lipinski definition) is 4. The summed E-state index contributed by atoms with van der Waals surface area (Å²) in [5.74, 6) is -0.0336. The molecule has 0 aliphatic heterocycles. The topological polar surface area (TPSA) is 60.8 Å². The third-order valence-corrected chi connectivity index (χ3v) is 3.56. The molecule has 0 fully saturated rings. The lowest BCUT2D eigenvalue weighted by Gasteiger charge is -2.30. The van der Waals surface area contributed by atoms with Crippen molar-refractivity contribution in [2.45, 2.75) is 6.04 Å². The number of ketones is 1. The summed E-state index contributed by atoms with van der Waals surface area (Å²) in [6, 6.07) is 18.1. The summed E-state index contributed by atoms with van der Waals surface area (Å²) in [6.45, 7) is 0.536. The van der Waals surface area contributed by atoms with E-state index in [0.717, 1.165) is 5.56 Å². The lowest BCUT2D eigenvalue weighted by Crippen LogP contribution is -2.38. The van der Waals surface area contributed by atoms with Crippen molar-refractivity contribution in [2.75, 3.05) is 26.3 Å². The van der Waals surface area contributed by atoms with Crippen LogP contribution in [-0.4, -0.2) is 47.2 Å². The predicted octanol–water partition coefficient (Wildman–Crippen LogP) is 1.90. The zero-order valence-electron chi connectivity index (χ0n) is 12.4. The van der Waals surface area contributed by atoms with Crippen LogP contribution >= 0.6 is 0 Å². The zero-order chi connectivity index (χ0) is 15.8. The quantitative estimate of drug-likeness (QED) is 0.731. The molecule has 0 radical (unpaired) electrons. The van der Waals surface area contributed by atoms with Crippen molar-refractivity contribution in [1.82, 2.24) is 4.90 Å². The van der Waals surface area contributed by atoms with E-state index in [9.17, 15) is 15.0 Å². The van der Waals surface area contributed by atoms with Gasteiger partial charge in [0.05, 0.1) is 19.3 Å². The summed E-state index contributed by atoms with van der Waals surface area (Å²) < 4.78 is 0. The number of benzene rings is 2. The summed E-state index contributed by atoms with van der Waals surface area (Å²) in [4.78, 5) is 14.7. The fourth-order valence-electron chi connectivity index (χ4n) is 2.55. The highest BCUT2D eigenvalue weighted by molar-refractivity contribution is 6.00. The number of nitrogens with zero attached hydrogens (tertiary/aromatic N) is 1. The molecule has 0 saturated carbocycles. The lowest BCUT2D eigenvalue weighted by molar-refractivity contribution is 0.0739. The molecule has 2 rings (SSSR count). The maximum absolute atomic E-state index is 12.9. The Kier molecular flexibility index (Phi) is 6.27. The van der Waals surface area contributed by atoms with Gasteiger partial charge in [-0.3, -0.25) is 9.69 Å². The number of aliphatic hydroxyl groups excluding tert-OH is 2. The van der Waals surface area contributed by atoms with E-state index in [-0.39, 0.29) is 19.0 Å². The molecule has 0 aromatic heterocycles. The van der Waals surface area contributed by atoms with Crippen LogP contribution in [0.3, 0.4) is 0 Å². The molecule has 0 aliphatic rings. The second kappa shape index (κ2) is 8.44. The highest BCUT2D eigenvalue weighted by atomic mass is 16.3. The van der Waals surface area contributed by atoms with E-state index in [2.05, 4.69) is 0 Å². The van der Waals surface area contributed by atoms with Gasteiger partial charge in [-0.05, 0) is 5.56 Å². The minimum absolute atomic E-state index is 0.0336. The van der Waals surface area contributed by atoms with E-state index in [0.29, 0.717) is 18.7 Å². The molecule has 0 bridgehead atoms. The molecule has 2 aromatic rings. The van der Waals surface area contributed by atoms with Gasteiger partial charge < -0.3 is 10.2 Å². The maximum atomic E-state index is 12.9. The molecule has 0 unspecified atom stereocenters. The summed E-state index contributed by atoms with van der Waals surface area (Å²) in [7, 11) is 0. The molecule has 0 amide bonds. The largest absolute Gasteiger partial charge is 0.395 e. The van der Waals surface area contributed by atoms with Crippen LogP contribution in [0, 0.1) is 0 Å². The molecule has 116 valence electrons. The Labute approximate surface area is 130 Å². The Bertz CT molecular complexity index is 565. The van der Waals surface area contributed by atoms with Gasteiger partial charge in [-0.1, -0.05) is 60.7 Å². The average molecular weight is 299 g/mol. The van der Waals surface area contributed by atoms with Crippen molar-refractivity contribution in [3.05, 3.63) is 71.8 Å². The Morgan fingerprint density at radius 2 is 1.36 bits per heavy atom. The zero-order valence-corrected chi connectivity index (χ0v) is 12.4.